The Morgan fingerprint density at radius 3 is 2.50 bits per heavy atom. The van der Waals surface area contributed by atoms with E-state index in [1.807, 2.05) is 25.1 Å². The number of ether oxygens (including phenoxy) is 1. The van der Waals surface area contributed by atoms with E-state index in [0.717, 1.165) is 17.7 Å². The Hall–Kier alpha value is -2.54. The summed E-state index contributed by atoms with van der Waals surface area (Å²) in [6, 6.07) is 11.8. The maximum Gasteiger partial charge on any atom is 0.416 e. The van der Waals surface area contributed by atoms with E-state index in [4.69, 9.17) is 9.94 Å². The molecule has 0 aromatic heterocycles. The van der Waals surface area contributed by atoms with Gasteiger partial charge in [0.2, 0.25) is 0 Å². The highest BCUT2D eigenvalue weighted by atomic mass is 19.4. The Labute approximate surface area is 137 Å². The molecule has 0 spiro atoms. The third-order valence-corrected chi connectivity index (χ3v) is 3.45. The average molecular weight is 338 g/mol. The van der Waals surface area contributed by atoms with Gasteiger partial charge in [-0.05, 0) is 54.3 Å². The Balaban J connectivity index is 2.07. The minimum absolute atomic E-state index is 0.137. The van der Waals surface area contributed by atoms with Gasteiger partial charge in [0, 0.05) is 6.21 Å². The van der Waals surface area contributed by atoms with Crippen LogP contribution in [0.3, 0.4) is 0 Å². The Morgan fingerprint density at radius 2 is 1.88 bits per heavy atom. The van der Waals surface area contributed by atoms with E-state index in [2.05, 4.69) is 5.10 Å². The summed E-state index contributed by atoms with van der Waals surface area (Å²) in [5.41, 5.74) is 1.97. The normalized spacial score (nSPS) is 13.0. The van der Waals surface area contributed by atoms with Crippen molar-refractivity contribution in [1.29, 1.82) is 0 Å². The molecule has 2 aromatic rings. The van der Waals surface area contributed by atoms with Crippen LogP contribution in [0.4, 0.5) is 13.2 Å². The first-order valence-electron chi connectivity index (χ1n) is 7.26. The van der Waals surface area contributed by atoms with Crippen molar-refractivity contribution in [1.82, 2.24) is 5.59 Å². The molecule has 7 heteroatoms. The SMILES string of the molecule is CC(CC=NNO)c1cccc(Oc2ccc(C(F)(F)F)cc2)c1. The van der Waals surface area contributed by atoms with Gasteiger partial charge in [0.25, 0.3) is 0 Å². The van der Waals surface area contributed by atoms with Crippen LogP contribution in [0.25, 0.3) is 0 Å². The number of hydrogen-bond donors (Lipinski definition) is 2. The van der Waals surface area contributed by atoms with Crippen LogP contribution in [0.15, 0.2) is 53.6 Å². The fraction of sp³-hybridized carbons (Fsp3) is 0.235. The summed E-state index contributed by atoms with van der Waals surface area (Å²) in [5.74, 6) is 1.01. The van der Waals surface area contributed by atoms with Crippen LogP contribution >= 0.6 is 0 Å². The lowest BCUT2D eigenvalue weighted by atomic mass is 9.98. The molecule has 2 aromatic carbocycles. The fourth-order valence-corrected chi connectivity index (χ4v) is 2.12. The molecule has 0 amide bonds. The lowest BCUT2D eigenvalue weighted by Gasteiger charge is -2.12. The van der Waals surface area contributed by atoms with Gasteiger partial charge in [0.15, 0.2) is 0 Å². The van der Waals surface area contributed by atoms with Crippen molar-refractivity contribution in [2.24, 2.45) is 5.10 Å². The molecule has 0 aliphatic heterocycles. The van der Waals surface area contributed by atoms with E-state index in [9.17, 15) is 13.2 Å². The van der Waals surface area contributed by atoms with Crippen LogP contribution in [0.2, 0.25) is 0 Å². The molecule has 2 rings (SSSR count). The van der Waals surface area contributed by atoms with E-state index < -0.39 is 11.7 Å². The van der Waals surface area contributed by atoms with Crippen LogP contribution in [0.1, 0.15) is 30.4 Å². The average Bonchev–Trinajstić information content (AvgIpc) is 2.55. The van der Waals surface area contributed by atoms with Gasteiger partial charge < -0.3 is 4.74 Å². The number of halogens is 3. The predicted molar refractivity (Wildman–Crippen MR) is 84.4 cm³/mol. The van der Waals surface area contributed by atoms with Crippen molar-refractivity contribution in [2.45, 2.75) is 25.4 Å². The highest BCUT2D eigenvalue weighted by Gasteiger charge is 2.30. The van der Waals surface area contributed by atoms with Gasteiger partial charge in [-0.1, -0.05) is 19.1 Å². The molecule has 0 saturated heterocycles. The summed E-state index contributed by atoms with van der Waals surface area (Å²) < 4.78 is 43.2. The Bertz CT molecular complexity index is 685. The van der Waals surface area contributed by atoms with Crippen LogP contribution in [0.5, 0.6) is 11.5 Å². The first kappa shape index (κ1) is 17.8. The molecule has 1 atom stereocenters. The van der Waals surface area contributed by atoms with Crippen molar-refractivity contribution in [3.8, 4) is 11.5 Å². The molecule has 128 valence electrons. The molecule has 2 N–H and O–H groups in total. The second-order valence-electron chi connectivity index (χ2n) is 5.25. The van der Waals surface area contributed by atoms with Gasteiger partial charge in [-0.25, -0.2) is 0 Å². The van der Waals surface area contributed by atoms with Crippen molar-refractivity contribution in [3.63, 3.8) is 0 Å². The second kappa shape index (κ2) is 7.83. The van der Waals surface area contributed by atoms with Crippen molar-refractivity contribution in [3.05, 3.63) is 59.7 Å². The summed E-state index contributed by atoms with van der Waals surface area (Å²) in [6.45, 7) is 1.99. The maximum absolute atomic E-state index is 12.5. The Kier molecular flexibility index (Phi) is 5.81. The van der Waals surface area contributed by atoms with E-state index in [1.54, 1.807) is 17.9 Å². The number of alkyl halides is 3. The van der Waals surface area contributed by atoms with Crippen LogP contribution in [-0.4, -0.2) is 11.4 Å². The third-order valence-electron chi connectivity index (χ3n) is 3.45. The molecule has 0 radical (unpaired) electrons. The molecule has 0 saturated carbocycles. The molecule has 0 heterocycles. The quantitative estimate of drug-likeness (QED) is 0.578. The summed E-state index contributed by atoms with van der Waals surface area (Å²) in [5, 5.41) is 11.9. The highest BCUT2D eigenvalue weighted by molar-refractivity contribution is 5.58. The second-order valence-corrected chi connectivity index (χ2v) is 5.25. The first-order valence-corrected chi connectivity index (χ1v) is 7.26. The van der Waals surface area contributed by atoms with Crippen LogP contribution in [-0.2, 0) is 6.18 Å². The standard InChI is InChI=1S/C17H17F3N2O2/c1-12(9-10-21-22-23)13-3-2-4-16(11-13)24-15-7-5-14(6-8-15)17(18,19)20/h2-8,10-12,22-23H,9H2,1H3. The number of nitrogens with one attached hydrogen (secondary N) is 1. The molecule has 4 nitrogen and oxygen atoms in total. The van der Waals surface area contributed by atoms with Gasteiger partial charge in [0.1, 0.15) is 11.5 Å². The van der Waals surface area contributed by atoms with Crippen molar-refractivity contribution in [2.75, 3.05) is 0 Å². The monoisotopic (exact) mass is 338 g/mol. The number of nitrogens with zero attached hydrogens (tertiary/aromatic N) is 1. The number of hydrazone groups is 1. The molecule has 0 bridgehead atoms. The van der Waals surface area contributed by atoms with E-state index in [0.29, 0.717) is 17.9 Å². The van der Waals surface area contributed by atoms with Crippen LogP contribution < -0.4 is 10.3 Å². The van der Waals surface area contributed by atoms with Crippen molar-refractivity contribution >= 4 is 6.21 Å². The first-order chi connectivity index (χ1) is 11.4. The summed E-state index contributed by atoms with van der Waals surface area (Å²) in [6.07, 6.45) is -2.20. The lowest BCUT2D eigenvalue weighted by molar-refractivity contribution is -0.137. The molecule has 1 unspecified atom stereocenters. The zero-order chi connectivity index (χ0) is 17.6. The predicted octanol–water partition coefficient (Wildman–Crippen LogP) is 4.96. The van der Waals surface area contributed by atoms with E-state index >= 15 is 0 Å². The van der Waals surface area contributed by atoms with Gasteiger partial charge in [0.05, 0.1) is 5.56 Å². The smallest absolute Gasteiger partial charge is 0.416 e. The fourth-order valence-electron chi connectivity index (χ4n) is 2.12. The molecule has 0 fully saturated rings. The zero-order valence-electron chi connectivity index (χ0n) is 12.9. The van der Waals surface area contributed by atoms with Gasteiger partial charge in [-0.15, -0.1) is 0 Å². The number of hydrogen-bond acceptors (Lipinski definition) is 4. The number of rotatable bonds is 6. The topological polar surface area (TPSA) is 53.9 Å². The van der Waals surface area contributed by atoms with Gasteiger partial charge in [-0.3, -0.25) is 5.21 Å². The zero-order valence-corrected chi connectivity index (χ0v) is 12.9. The summed E-state index contributed by atoms with van der Waals surface area (Å²) >= 11 is 0. The van der Waals surface area contributed by atoms with E-state index in [-0.39, 0.29) is 5.92 Å². The molecule has 24 heavy (non-hydrogen) atoms. The molecule has 0 aliphatic carbocycles. The highest BCUT2D eigenvalue weighted by Crippen LogP contribution is 2.32. The Morgan fingerprint density at radius 1 is 1.17 bits per heavy atom. The van der Waals surface area contributed by atoms with E-state index in [1.165, 1.54) is 12.1 Å². The molecule has 0 aliphatic rings. The minimum atomic E-state index is -4.36. The lowest BCUT2D eigenvalue weighted by Crippen LogP contribution is -2.04. The molecular formula is C17H17F3N2O2. The van der Waals surface area contributed by atoms with Gasteiger partial charge in [-0.2, -0.15) is 23.9 Å². The summed E-state index contributed by atoms with van der Waals surface area (Å²) in [4.78, 5) is 0. The number of benzene rings is 2. The van der Waals surface area contributed by atoms with Crippen molar-refractivity contribution < 1.29 is 23.1 Å². The minimum Gasteiger partial charge on any atom is -0.457 e. The summed E-state index contributed by atoms with van der Waals surface area (Å²) in [7, 11) is 0. The third kappa shape index (κ3) is 4.99. The van der Waals surface area contributed by atoms with Crippen LogP contribution in [0, 0.1) is 0 Å². The maximum atomic E-state index is 12.5. The van der Waals surface area contributed by atoms with Gasteiger partial charge >= 0.3 is 6.18 Å². The molecular weight excluding hydrogens is 321 g/mol. The largest absolute Gasteiger partial charge is 0.457 e.